The number of hydrogen-bond donors (Lipinski definition) is 2. The van der Waals surface area contributed by atoms with Gasteiger partial charge in [-0.05, 0) is 43.0 Å². The maximum absolute atomic E-state index is 11.2. The fraction of sp³-hybridized carbons (Fsp3) is 0.474. The number of carbonyl (C=O) groups is 1. The van der Waals surface area contributed by atoms with E-state index in [0.29, 0.717) is 36.1 Å². The number of guanidine groups is 1. The summed E-state index contributed by atoms with van der Waals surface area (Å²) >= 11 is 5.90. The van der Waals surface area contributed by atoms with Crippen LogP contribution in [0.5, 0.6) is 0 Å². The summed E-state index contributed by atoms with van der Waals surface area (Å²) in [6.07, 6.45) is 3.04. The molecule has 2 heterocycles. The Morgan fingerprint density at radius 3 is 2.86 bits per heavy atom. The second-order valence-corrected chi connectivity index (χ2v) is 7.30. The SMILES string of the molecule is CN=C(NCCc1nc(-c2ccc(Cl)cc2)no1)N1CCCC(CC(N)=O)C1.I. The molecule has 0 radical (unpaired) electrons. The largest absolute Gasteiger partial charge is 0.370 e. The fourth-order valence-electron chi connectivity index (χ4n) is 3.39. The van der Waals surface area contributed by atoms with Crippen molar-refractivity contribution in [2.24, 2.45) is 16.6 Å². The summed E-state index contributed by atoms with van der Waals surface area (Å²) in [7, 11) is 1.76. The maximum Gasteiger partial charge on any atom is 0.228 e. The molecule has 0 saturated carbocycles. The minimum Gasteiger partial charge on any atom is -0.370 e. The van der Waals surface area contributed by atoms with Crippen molar-refractivity contribution >= 4 is 47.4 Å². The average Bonchev–Trinajstić information content (AvgIpc) is 3.14. The lowest BCUT2D eigenvalue weighted by Crippen LogP contribution is -2.47. The van der Waals surface area contributed by atoms with Crippen LogP contribution in [-0.4, -0.2) is 53.6 Å². The van der Waals surface area contributed by atoms with Crippen LogP contribution in [0.1, 0.15) is 25.2 Å². The van der Waals surface area contributed by atoms with E-state index in [0.717, 1.165) is 37.5 Å². The van der Waals surface area contributed by atoms with Crippen LogP contribution in [0.2, 0.25) is 5.02 Å². The number of benzene rings is 1. The molecule has 10 heteroatoms. The van der Waals surface area contributed by atoms with Crippen LogP contribution in [0, 0.1) is 5.92 Å². The molecule has 8 nitrogen and oxygen atoms in total. The van der Waals surface area contributed by atoms with E-state index in [1.165, 1.54) is 0 Å². The zero-order valence-electron chi connectivity index (χ0n) is 16.3. The Hall–Kier alpha value is -1.88. The third-order valence-corrected chi connectivity index (χ3v) is 4.96. The van der Waals surface area contributed by atoms with Gasteiger partial charge in [0.15, 0.2) is 5.96 Å². The van der Waals surface area contributed by atoms with Crippen LogP contribution < -0.4 is 11.1 Å². The van der Waals surface area contributed by atoms with Crippen molar-refractivity contribution < 1.29 is 9.32 Å². The summed E-state index contributed by atoms with van der Waals surface area (Å²) in [5, 5.41) is 8.02. The number of aliphatic imine (C=N–C) groups is 1. The Kier molecular flexibility index (Phi) is 9.15. The number of primary amides is 1. The molecule has 0 spiro atoms. The van der Waals surface area contributed by atoms with Gasteiger partial charge in [-0.3, -0.25) is 9.79 Å². The zero-order valence-corrected chi connectivity index (χ0v) is 19.4. The van der Waals surface area contributed by atoms with Gasteiger partial charge in [0.2, 0.25) is 17.6 Å². The number of hydrogen-bond acceptors (Lipinski definition) is 5. The van der Waals surface area contributed by atoms with Gasteiger partial charge in [-0.1, -0.05) is 16.8 Å². The first-order valence-electron chi connectivity index (χ1n) is 9.37. The summed E-state index contributed by atoms with van der Waals surface area (Å²) in [6, 6.07) is 7.30. The minimum atomic E-state index is -0.248. The molecule has 2 aromatic rings. The monoisotopic (exact) mass is 532 g/mol. The standard InChI is InChI=1S/C19H25ClN6O2.HI/c1-22-19(26-10-2-3-13(12-26)11-16(21)27)23-9-8-17-24-18(25-28-17)14-4-6-15(20)7-5-14;/h4-7,13H,2-3,8-12H2,1H3,(H2,21,27)(H,22,23);1H. The first kappa shape index (κ1) is 23.4. The van der Waals surface area contributed by atoms with Gasteiger partial charge in [0.05, 0.1) is 0 Å². The number of nitrogens with zero attached hydrogens (tertiary/aromatic N) is 4. The number of carbonyl (C=O) groups excluding carboxylic acids is 1. The van der Waals surface area contributed by atoms with Gasteiger partial charge in [-0.15, -0.1) is 24.0 Å². The predicted molar refractivity (Wildman–Crippen MR) is 123 cm³/mol. The van der Waals surface area contributed by atoms with E-state index < -0.39 is 0 Å². The lowest BCUT2D eigenvalue weighted by molar-refractivity contribution is -0.119. The lowest BCUT2D eigenvalue weighted by Gasteiger charge is -2.34. The Morgan fingerprint density at radius 2 is 2.17 bits per heavy atom. The van der Waals surface area contributed by atoms with Crippen LogP contribution in [-0.2, 0) is 11.2 Å². The molecule has 1 fully saturated rings. The van der Waals surface area contributed by atoms with E-state index >= 15 is 0 Å². The first-order chi connectivity index (χ1) is 13.5. The molecule has 3 rings (SSSR count). The smallest absolute Gasteiger partial charge is 0.228 e. The Balaban J connectivity index is 0.00000300. The summed E-state index contributed by atoms with van der Waals surface area (Å²) in [4.78, 5) is 22.1. The minimum absolute atomic E-state index is 0. The molecule has 1 amide bonds. The molecule has 1 aromatic carbocycles. The van der Waals surface area contributed by atoms with E-state index in [-0.39, 0.29) is 35.8 Å². The molecule has 1 unspecified atom stereocenters. The maximum atomic E-state index is 11.2. The number of amides is 1. The molecule has 29 heavy (non-hydrogen) atoms. The van der Waals surface area contributed by atoms with Crippen molar-refractivity contribution in [2.45, 2.75) is 25.7 Å². The number of rotatable bonds is 6. The normalized spacial score (nSPS) is 17.0. The van der Waals surface area contributed by atoms with Crippen LogP contribution in [0.3, 0.4) is 0 Å². The summed E-state index contributed by atoms with van der Waals surface area (Å²) in [5.41, 5.74) is 6.20. The zero-order chi connectivity index (χ0) is 19.9. The fourth-order valence-corrected chi connectivity index (χ4v) is 3.52. The molecule has 1 saturated heterocycles. The second kappa shape index (κ2) is 11.3. The number of nitrogens with two attached hydrogens (primary N) is 1. The molecule has 1 aromatic heterocycles. The average molecular weight is 533 g/mol. The van der Waals surface area contributed by atoms with E-state index in [4.69, 9.17) is 21.9 Å². The van der Waals surface area contributed by atoms with E-state index in [9.17, 15) is 4.79 Å². The first-order valence-corrected chi connectivity index (χ1v) is 9.75. The molecular weight excluding hydrogens is 507 g/mol. The Bertz CT molecular complexity index is 826. The second-order valence-electron chi connectivity index (χ2n) is 6.87. The highest BCUT2D eigenvalue weighted by Crippen LogP contribution is 2.20. The van der Waals surface area contributed by atoms with Gasteiger partial charge in [0.1, 0.15) is 0 Å². The third kappa shape index (κ3) is 6.84. The van der Waals surface area contributed by atoms with Gasteiger partial charge in [-0.25, -0.2) is 0 Å². The predicted octanol–water partition coefficient (Wildman–Crippen LogP) is 2.71. The van der Waals surface area contributed by atoms with Gasteiger partial charge in [0, 0.05) is 50.1 Å². The van der Waals surface area contributed by atoms with Gasteiger partial charge >= 0.3 is 0 Å². The molecule has 0 aliphatic carbocycles. The van der Waals surface area contributed by atoms with Crippen molar-refractivity contribution in [3.05, 3.63) is 35.2 Å². The van der Waals surface area contributed by atoms with Crippen LogP contribution >= 0.6 is 35.6 Å². The number of halogens is 2. The highest BCUT2D eigenvalue weighted by atomic mass is 127. The van der Waals surface area contributed by atoms with Crippen LogP contribution in [0.25, 0.3) is 11.4 Å². The molecular formula is C19H26ClIN6O2. The lowest BCUT2D eigenvalue weighted by atomic mass is 9.95. The van der Waals surface area contributed by atoms with Crippen LogP contribution in [0.4, 0.5) is 0 Å². The van der Waals surface area contributed by atoms with E-state index in [1.807, 2.05) is 12.1 Å². The van der Waals surface area contributed by atoms with Crippen molar-refractivity contribution in [3.63, 3.8) is 0 Å². The van der Waals surface area contributed by atoms with Crippen LogP contribution in [0.15, 0.2) is 33.8 Å². The quantitative estimate of drug-likeness (QED) is 0.336. The molecule has 3 N–H and O–H groups in total. The summed E-state index contributed by atoms with van der Waals surface area (Å²) in [6.45, 7) is 2.31. The molecule has 0 bridgehead atoms. The van der Waals surface area contributed by atoms with E-state index in [2.05, 4.69) is 25.3 Å². The van der Waals surface area contributed by atoms with Gasteiger partial charge in [0.25, 0.3) is 0 Å². The van der Waals surface area contributed by atoms with Crippen molar-refractivity contribution in [1.82, 2.24) is 20.4 Å². The molecule has 1 aliphatic rings. The molecule has 1 aliphatic heterocycles. The van der Waals surface area contributed by atoms with Gasteiger partial charge in [-0.2, -0.15) is 4.98 Å². The topological polar surface area (TPSA) is 110 Å². The number of piperidine rings is 1. The van der Waals surface area contributed by atoms with Crippen molar-refractivity contribution in [3.8, 4) is 11.4 Å². The Morgan fingerprint density at radius 1 is 1.41 bits per heavy atom. The summed E-state index contributed by atoms with van der Waals surface area (Å²) < 4.78 is 5.33. The molecule has 1 atom stereocenters. The van der Waals surface area contributed by atoms with Crippen molar-refractivity contribution in [1.29, 1.82) is 0 Å². The number of nitrogens with one attached hydrogen (secondary N) is 1. The van der Waals surface area contributed by atoms with E-state index in [1.54, 1.807) is 19.2 Å². The molecule has 158 valence electrons. The number of aromatic nitrogens is 2. The third-order valence-electron chi connectivity index (χ3n) is 4.71. The number of likely N-dealkylation sites (tertiary alicyclic amines) is 1. The highest BCUT2D eigenvalue weighted by molar-refractivity contribution is 14.0. The van der Waals surface area contributed by atoms with Gasteiger partial charge < -0.3 is 20.5 Å². The Labute approximate surface area is 192 Å². The summed E-state index contributed by atoms with van der Waals surface area (Å²) in [5.74, 6) is 1.94. The van der Waals surface area contributed by atoms with Crippen molar-refractivity contribution in [2.75, 3.05) is 26.7 Å². The highest BCUT2D eigenvalue weighted by Gasteiger charge is 2.23.